The molecule has 0 rings (SSSR count). The Bertz CT molecular complexity index is 498. The molecule has 0 aromatic rings. The molecule has 0 unspecified atom stereocenters. The van der Waals surface area contributed by atoms with Gasteiger partial charge >= 0.3 is 23.9 Å². The molecule has 0 aliphatic carbocycles. The van der Waals surface area contributed by atoms with Crippen molar-refractivity contribution in [3.8, 4) is 0 Å². The van der Waals surface area contributed by atoms with E-state index in [1.165, 1.54) is 39.0 Å². The molecule has 0 heterocycles. The lowest BCUT2D eigenvalue weighted by Gasteiger charge is -2.42. The molecule has 0 spiro atoms. The van der Waals surface area contributed by atoms with E-state index in [1.807, 2.05) is 0 Å². The van der Waals surface area contributed by atoms with Crippen LogP contribution in [0.2, 0.25) is 0 Å². The van der Waals surface area contributed by atoms with E-state index in [0.717, 1.165) is 18.2 Å². The maximum absolute atomic E-state index is 12.0. The fourth-order valence-electron chi connectivity index (χ4n) is 1.74. The average Bonchev–Trinajstić information content (AvgIpc) is 2.57. The number of aliphatic hydroxyl groups is 3. The van der Waals surface area contributed by atoms with Gasteiger partial charge in [0.05, 0.1) is 19.8 Å². The Morgan fingerprint density at radius 2 is 0.962 bits per heavy atom. The van der Waals surface area contributed by atoms with Gasteiger partial charge in [0, 0.05) is 18.2 Å². The Hall–Kier alpha value is -2.49. The minimum Gasteiger partial charge on any atom is -0.395 e. The second-order valence-corrected chi connectivity index (χ2v) is 5.07. The SMILES string of the molecule is C/C=C/C(=O)OC(OC(=O)/C=C/C)(OC(=O)/C=C/C)C(CO)(CO)CO. The second kappa shape index (κ2) is 11.2. The Morgan fingerprint density at radius 1 is 0.692 bits per heavy atom. The molecule has 0 saturated heterocycles. The van der Waals surface area contributed by atoms with Gasteiger partial charge in [-0.15, -0.1) is 0 Å². The van der Waals surface area contributed by atoms with Gasteiger partial charge in [0.25, 0.3) is 0 Å². The highest BCUT2D eigenvalue weighted by Crippen LogP contribution is 2.38. The molecule has 3 N–H and O–H groups in total. The van der Waals surface area contributed by atoms with Gasteiger partial charge in [-0.05, 0) is 20.8 Å². The van der Waals surface area contributed by atoms with Crippen molar-refractivity contribution in [3.63, 3.8) is 0 Å². The van der Waals surface area contributed by atoms with Crippen molar-refractivity contribution in [2.75, 3.05) is 19.8 Å². The molecular formula is C17H24O9. The molecular weight excluding hydrogens is 348 g/mol. The maximum atomic E-state index is 12.0. The number of carbonyl (C=O) groups excluding carboxylic acids is 3. The zero-order chi connectivity index (χ0) is 20.2. The van der Waals surface area contributed by atoms with E-state index < -0.39 is 49.1 Å². The van der Waals surface area contributed by atoms with Crippen molar-refractivity contribution in [2.45, 2.75) is 26.7 Å². The quantitative estimate of drug-likeness (QED) is 0.274. The summed E-state index contributed by atoms with van der Waals surface area (Å²) < 4.78 is 15.0. The van der Waals surface area contributed by atoms with Crippen molar-refractivity contribution in [3.05, 3.63) is 36.5 Å². The molecule has 0 radical (unpaired) electrons. The van der Waals surface area contributed by atoms with E-state index >= 15 is 0 Å². The van der Waals surface area contributed by atoms with E-state index in [0.29, 0.717) is 0 Å². The number of carbonyl (C=O) groups is 3. The molecule has 0 aromatic heterocycles. The molecule has 0 fully saturated rings. The molecule has 0 bridgehead atoms. The van der Waals surface area contributed by atoms with E-state index in [9.17, 15) is 29.7 Å². The molecule has 0 aliphatic rings. The predicted molar refractivity (Wildman–Crippen MR) is 89.1 cm³/mol. The summed E-state index contributed by atoms with van der Waals surface area (Å²) in [5, 5.41) is 29.1. The summed E-state index contributed by atoms with van der Waals surface area (Å²) in [5.74, 6) is -6.23. The smallest absolute Gasteiger partial charge is 0.395 e. The van der Waals surface area contributed by atoms with Crippen molar-refractivity contribution in [1.29, 1.82) is 0 Å². The van der Waals surface area contributed by atoms with Crippen LogP contribution >= 0.6 is 0 Å². The molecule has 0 aliphatic heterocycles. The fraction of sp³-hybridized carbons (Fsp3) is 0.471. The zero-order valence-corrected chi connectivity index (χ0v) is 14.9. The van der Waals surface area contributed by atoms with Crippen LogP contribution < -0.4 is 0 Å². The van der Waals surface area contributed by atoms with Gasteiger partial charge in [-0.2, -0.15) is 0 Å². The number of hydrogen-bond donors (Lipinski definition) is 3. The predicted octanol–water partition coefficient (Wildman–Crippen LogP) is -0.0386. The molecule has 0 atom stereocenters. The number of ether oxygens (including phenoxy) is 3. The highest BCUT2D eigenvalue weighted by atomic mass is 16.9. The second-order valence-electron chi connectivity index (χ2n) is 5.07. The van der Waals surface area contributed by atoms with Crippen molar-refractivity contribution >= 4 is 17.9 Å². The normalized spacial score (nSPS) is 12.7. The van der Waals surface area contributed by atoms with Crippen LogP contribution in [0.3, 0.4) is 0 Å². The lowest BCUT2D eigenvalue weighted by Crippen LogP contribution is -2.62. The van der Waals surface area contributed by atoms with E-state index in [-0.39, 0.29) is 0 Å². The van der Waals surface area contributed by atoms with Gasteiger partial charge in [0.1, 0.15) is 0 Å². The van der Waals surface area contributed by atoms with Crippen LogP contribution in [0.1, 0.15) is 20.8 Å². The standard InChI is InChI=1S/C17H24O9/c1-4-7-13(21)24-17(25-14(22)8-5-2,26-15(23)9-6-3)16(10-18,11-19)12-20/h4-9,18-20H,10-12H2,1-3H3/b7-4+,8-5+,9-6+. The van der Waals surface area contributed by atoms with E-state index in [4.69, 9.17) is 14.2 Å². The van der Waals surface area contributed by atoms with Crippen LogP contribution in [0.25, 0.3) is 0 Å². The molecule has 26 heavy (non-hydrogen) atoms. The minimum absolute atomic E-state index is 0.929. The highest BCUT2D eigenvalue weighted by Gasteiger charge is 2.62. The number of rotatable bonds is 10. The zero-order valence-electron chi connectivity index (χ0n) is 14.9. The summed E-state index contributed by atoms with van der Waals surface area (Å²) >= 11 is 0. The number of hydrogen-bond acceptors (Lipinski definition) is 9. The Labute approximate surface area is 151 Å². The third-order valence-corrected chi connectivity index (χ3v) is 3.17. The van der Waals surface area contributed by atoms with Crippen LogP contribution in [-0.2, 0) is 28.6 Å². The summed E-state index contributed by atoms with van der Waals surface area (Å²) in [6.07, 6.45) is 6.68. The Morgan fingerprint density at radius 3 is 1.15 bits per heavy atom. The molecule has 146 valence electrons. The van der Waals surface area contributed by atoms with Crippen LogP contribution in [0.15, 0.2) is 36.5 Å². The summed E-state index contributed by atoms with van der Waals surface area (Å²) in [7, 11) is 0. The molecule has 9 heteroatoms. The lowest BCUT2D eigenvalue weighted by atomic mass is 9.87. The molecule has 0 saturated carbocycles. The van der Waals surface area contributed by atoms with Crippen LogP contribution in [0, 0.1) is 5.41 Å². The number of allylic oxidation sites excluding steroid dienone is 3. The first kappa shape index (κ1) is 23.5. The monoisotopic (exact) mass is 372 g/mol. The summed E-state index contributed by atoms with van der Waals surface area (Å²) in [4.78, 5) is 35.9. The van der Waals surface area contributed by atoms with Crippen molar-refractivity contribution in [1.82, 2.24) is 0 Å². The van der Waals surface area contributed by atoms with Gasteiger partial charge in [-0.1, -0.05) is 18.2 Å². The Kier molecular flexibility index (Phi) is 10.1. The first-order valence-electron chi connectivity index (χ1n) is 7.69. The third-order valence-electron chi connectivity index (χ3n) is 3.17. The highest BCUT2D eigenvalue weighted by molar-refractivity contribution is 5.85. The van der Waals surface area contributed by atoms with Crippen LogP contribution in [0.4, 0.5) is 0 Å². The summed E-state index contributed by atoms with van der Waals surface area (Å²) in [5.41, 5.74) is -2.24. The van der Waals surface area contributed by atoms with Crippen LogP contribution in [-0.4, -0.2) is 59.0 Å². The molecule has 0 amide bonds. The number of esters is 3. The van der Waals surface area contributed by atoms with Gasteiger partial charge in [0.15, 0.2) is 5.41 Å². The number of aliphatic hydroxyl groups excluding tert-OH is 3. The third kappa shape index (κ3) is 5.80. The summed E-state index contributed by atoms with van der Waals surface area (Å²) in [6.45, 7) is 1.36. The van der Waals surface area contributed by atoms with Crippen LogP contribution in [0.5, 0.6) is 0 Å². The van der Waals surface area contributed by atoms with Crippen molar-refractivity contribution in [2.24, 2.45) is 5.41 Å². The van der Waals surface area contributed by atoms with Crippen molar-refractivity contribution < 1.29 is 43.9 Å². The maximum Gasteiger partial charge on any atom is 0.437 e. The van der Waals surface area contributed by atoms with Gasteiger partial charge in [-0.25, -0.2) is 14.4 Å². The van der Waals surface area contributed by atoms with E-state index in [2.05, 4.69) is 0 Å². The first-order chi connectivity index (χ1) is 12.3. The summed E-state index contributed by atoms with van der Waals surface area (Å²) in [6, 6.07) is 0. The van der Waals surface area contributed by atoms with Gasteiger partial charge in [-0.3, -0.25) is 0 Å². The largest absolute Gasteiger partial charge is 0.437 e. The molecule has 9 nitrogen and oxygen atoms in total. The lowest BCUT2D eigenvalue weighted by molar-refractivity contribution is -0.388. The van der Waals surface area contributed by atoms with Gasteiger partial charge in [0.2, 0.25) is 0 Å². The van der Waals surface area contributed by atoms with Gasteiger partial charge < -0.3 is 29.5 Å². The van der Waals surface area contributed by atoms with E-state index in [1.54, 1.807) is 0 Å². The molecule has 0 aromatic carbocycles. The minimum atomic E-state index is -2.92. The first-order valence-corrected chi connectivity index (χ1v) is 7.69. The fourth-order valence-corrected chi connectivity index (χ4v) is 1.74. The topological polar surface area (TPSA) is 140 Å². The average molecular weight is 372 g/mol. The Balaban J connectivity index is 6.40.